The van der Waals surface area contributed by atoms with Gasteiger partial charge in [-0.2, -0.15) is 0 Å². The van der Waals surface area contributed by atoms with E-state index in [-0.39, 0.29) is 0 Å². The van der Waals surface area contributed by atoms with E-state index in [1.54, 1.807) is 48.5 Å². The SMILES string of the molecule is CCCCCCCC(C)(OC(C)OC(C)OC)C(C=O)(OC(C)OC(C)OC)OC(C)OC(C)OC. The third-order valence-corrected chi connectivity index (χ3v) is 5.90. The Kier molecular flexibility index (Phi) is 18.2. The Balaban J connectivity index is 6.21. The third-order valence-electron chi connectivity index (χ3n) is 5.90. The third kappa shape index (κ3) is 12.7. The van der Waals surface area contributed by atoms with E-state index in [4.69, 9.17) is 42.6 Å². The van der Waals surface area contributed by atoms with Gasteiger partial charge in [-0.15, -0.1) is 0 Å². The molecule has 0 heterocycles. The van der Waals surface area contributed by atoms with Crippen LogP contribution in [0.25, 0.3) is 0 Å². The lowest BCUT2D eigenvalue weighted by atomic mass is 9.88. The van der Waals surface area contributed by atoms with Crippen molar-refractivity contribution in [3.05, 3.63) is 0 Å². The van der Waals surface area contributed by atoms with Crippen molar-refractivity contribution in [2.75, 3.05) is 21.3 Å². The van der Waals surface area contributed by atoms with Crippen molar-refractivity contribution in [3.8, 4) is 0 Å². The summed E-state index contributed by atoms with van der Waals surface area (Å²) in [5.41, 5.74) is -1.28. The van der Waals surface area contributed by atoms with Crippen LogP contribution >= 0.6 is 0 Å². The van der Waals surface area contributed by atoms with Crippen molar-refractivity contribution >= 4 is 6.29 Å². The Bertz CT molecular complexity index is 543. The summed E-state index contributed by atoms with van der Waals surface area (Å²) in [6.07, 6.45) is 1.95. The Morgan fingerprint density at radius 3 is 1.36 bits per heavy atom. The van der Waals surface area contributed by atoms with Crippen LogP contribution < -0.4 is 0 Å². The molecule has 0 N–H and O–H groups in total. The smallest absolute Gasteiger partial charge is 0.260 e. The molecule has 10 heteroatoms. The molecular formula is C26H52O10. The topological polar surface area (TPSA) is 100 Å². The Morgan fingerprint density at radius 1 is 0.611 bits per heavy atom. The second kappa shape index (κ2) is 18.5. The molecule has 0 fully saturated rings. The zero-order valence-corrected chi connectivity index (χ0v) is 24.4. The first-order chi connectivity index (χ1) is 16.9. The van der Waals surface area contributed by atoms with Crippen LogP contribution in [0.3, 0.4) is 0 Å². The van der Waals surface area contributed by atoms with Crippen LogP contribution in [0.15, 0.2) is 0 Å². The molecule has 0 aromatic carbocycles. The van der Waals surface area contributed by atoms with Crippen LogP contribution in [-0.4, -0.2) is 76.7 Å². The first-order valence-electron chi connectivity index (χ1n) is 13.0. The summed E-state index contributed by atoms with van der Waals surface area (Å²) < 4.78 is 51.6. The summed E-state index contributed by atoms with van der Waals surface area (Å²) in [5.74, 6) is -1.91. The van der Waals surface area contributed by atoms with Gasteiger partial charge in [0.05, 0.1) is 0 Å². The highest BCUT2D eigenvalue weighted by molar-refractivity contribution is 5.63. The fraction of sp³-hybridized carbons (Fsp3) is 0.962. The Labute approximate surface area is 218 Å². The van der Waals surface area contributed by atoms with Crippen molar-refractivity contribution in [2.24, 2.45) is 0 Å². The molecule has 7 atom stereocenters. The summed E-state index contributed by atoms with van der Waals surface area (Å²) in [4.78, 5) is 12.9. The number of unbranched alkanes of at least 4 members (excludes halogenated alkanes) is 4. The molecule has 0 aromatic heterocycles. The number of methoxy groups -OCH3 is 3. The lowest BCUT2D eigenvalue weighted by molar-refractivity contribution is -0.408. The molecule has 0 bridgehead atoms. The summed E-state index contributed by atoms with van der Waals surface area (Å²) in [7, 11) is 4.57. The monoisotopic (exact) mass is 524 g/mol. The minimum absolute atomic E-state index is 0.448. The molecule has 0 amide bonds. The van der Waals surface area contributed by atoms with Gasteiger partial charge in [-0.1, -0.05) is 39.0 Å². The van der Waals surface area contributed by atoms with E-state index in [1.807, 2.05) is 0 Å². The lowest BCUT2D eigenvalue weighted by Crippen LogP contribution is -2.62. The molecule has 0 spiro atoms. The second-order valence-electron chi connectivity index (χ2n) is 9.06. The summed E-state index contributed by atoms with van der Waals surface area (Å²) in [5, 5.41) is 0. The van der Waals surface area contributed by atoms with Crippen LogP contribution in [0.4, 0.5) is 0 Å². The van der Waals surface area contributed by atoms with Gasteiger partial charge in [0.25, 0.3) is 5.79 Å². The average molecular weight is 525 g/mol. The Morgan fingerprint density at radius 2 is 1.00 bits per heavy atom. The predicted octanol–water partition coefficient (Wildman–Crippen LogP) is 5.12. The molecule has 0 rings (SSSR count). The van der Waals surface area contributed by atoms with Crippen LogP contribution in [0.1, 0.15) is 93.9 Å². The first kappa shape index (κ1) is 35.3. The van der Waals surface area contributed by atoms with E-state index >= 15 is 0 Å². The van der Waals surface area contributed by atoms with Crippen molar-refractivity contribution in [1.82, 2.24) is 0 Å². The number of ether oxygens (including phenoxy) is 9. The van der Waals surface area contributed by atoms with Crippen LogP contribution in [-0.2, 0) is 47.4 Å². The van der Waals surface area contributed by atoms with Crippen molar-refractivity contribution < 1.29 is 47.4 Å². The minimum atomic E-state index is -1.91. The van der Waals surface area contributed by atoms with E-state index in [0.29, 0.717) is 12.7 Å². The van der Waals surface area contributed by atoms with Crippen molar-refractivity contribution in [2.45, 2.75) is 143 Å². The van der Waals surface area contributed by atoms with Gasteiger partial charge in [-0.25, -0.2) is 0 Å². The second-order valence-corrected chi connectivity index (χ2v) is 9.06. The van der Waals surface area contributed by atoms with Crippen molar-refractivity contribution in [1.29, 1.82) is 0 Å². The molecule has 7 unspecified atom stereocenters. The van der Waals surface area contributed by atoms with Gasteiger partial charge in [0.2, 0.25) is 0 Å². The Hall–Kier alpha value is -0.690. The van der Waals surface area contributed by atoms with Crippen molar-refractivity contribution in [3.63, 3.8) is 0 Å². The molecule has 36 heavy (non-hydrogen) atoms. The molecule has 0 saturated carbocycles. The highest BCUT2D eigenvalue weighted by Gasteiger charge is 2.55. The molecule has 0 aliphatic rings. The van der Waals surface area contributed by atoms with Gasteiger partial charge in [-0.3, -0.25) is 4.79 Å². The standard InChI is InChI=1S/C26H52O10/c1-12-13-14-15-16-17-25(8,34-22(5)31-19(2)28-9)26(18-27,35-23(6)32-20(3)29-10)36-24(7)33-21(4)30-11/h18-24H,12-17H2,1-11H3. The van der Waals surface area contributed by atoms with Crippen LogP contribution in [0.5, 0.6) is 0 Å². The molecule has 0 aromatic rings. The lowest BCUT2D eigenvalue weighted by Gasteiger charge is -2.47. The number of carbonyl (C=O) groups is 1. The minimum Gasteiger partial charge on any atom is -0.356 e. The number of carbonyl (C=O) groups excluding carboxylic acids is 1. The summed E-state index contributed by atoms with van der Waals surface area (Å²) >= 11 is 0. The maximum atomic E-state index is 12.9. The number of aldehydes is 1. The molecule has 0 aliphatic heterocycles. The van der Waals surface area contributed by atoms with Gasteiger partial charge in [0.15, 0.2) is 44.0 Å². The van der Waals surface area contributed by atoms with Gasteiger partial charge in [0.1, 0.15) is 5.60 Å². The van der Waals surface area contributed by atoms with E-state index in [2.05, 4.69) is 6.92 Å². The summed E-state index contributed by atoms with van der Waals surface area (Å²) in [6.45, 7) is 14.2. The number of rotatable bonds is 23. The van der Waals surface area contributed by atoms with Gasteiger partial charge in [-0.05, 0) is 54.9 Å². The summed E-state index contributed by atoms with van der Waals surface area (Å²) in [6, 6.07) is 0. The fourth-order valence-electron chi connectivity index (χ4n) is 3.76. The normalized spacial score (nSPS) is 20.5. The van der Waals surface area contributed by atoms with E-state index in [9.17, 15) is 4.79 Å². The first-order valence-corrected chi connectivity index (χ1v) is 13.0. The van der Waals surface area contributed by atoms with Gasteiger partial charge in [0, 0.05) is 21.3 Å². The van der Waals surface area contributed by atoms with Gasteiger partial charge >= 0.3 is 0 Å². The van der Waals surface area contributed by atoms with Crippen LogP contribution in [0.2, 0.25) is 0 Å². The zero-order chi connectivity index (χ0) is 27.8. The van der Waals surface area contributed by atoms with Gasteiger partial charge < -0.3 is 42.6 Å². The molecule has 216 valence electrons. The molecule has 10 nitrogen and oxygen atoms in total. The highest BCUT2D eigenvalue weighted by Crippen LogP contribution is 2.38. The maximum absolute atomic E-state index is 12.9. The molecule has 0 saturated heterocycles. The molecule has 0 aliphatic carbocycles. The largest absolute Gasteiger partial charge is 0.356 e. The fourth-order valence-corrected chi connectivity index (χ4v) is 3.76. The molecular weight excluding hydrogens is 472 g/mol. The quantitative estimate of drug-likeness (QED) is 0.102. The highest BCUT2D eigenvalue weighted by atomic mass is 16.9. The maximum Gasteiger partial charge on any atom is 0.260 e. The van der Waals surface area contributed by atoms with E-state index < -0.39 is 49.1 Å². The molecule has 0 radical (unpaired) electrons. The zero-order valence-electron chi connectivity index (χ0n) is 24.4. The number of hydrogen-bond donors (Lipinski definition) is 0. The van der Waals surface area contributed by atoms with Crippen LogP contribution in [0, 0.1) is 0 Å². The van der Waals surface area contributed by atoms with E-state index in [1.165, 1.54) is 21.3 Å². The predicted molar refractivity (Wildman–Crippen MR) is 135 cm³/mol. The number of hydrogen-bond acceptors (Lipinski definition) is 10. The average Bonchev–Trinajstić information content (AvgIpc) is 2.82. The van der Waals surface area contributed by atoms with E-state index in [0.717, 1.165) is 32.1 Å².